The minimum atomic E-state index is 0.0981. The van der Waals surface area contributed by atoms with Crippen LogP contribution in [-0.2, 0) is 11.3 Å². The molecule has 1 fully saturated rings. The highest BCUT2D eigenvalue weighted by Gasteiger charge is 2.20. The zero-order chi connectivity index (χ0) is 17.5. The van der Waals surface area contributed by atoms with Crippen LogP contribution in [0.1, 0.15) is 31.2 Å². The van der Waals surface area contributed by atoms with E-state index in [-0.39, 0.29) is 5.91 Å². The van der Waals surface area contributed by atoms with Crippen molar-refractivity contribution < 1.29 is 4.79 Å². The van der Waals surface area contributed by atoms with Crippen molar-refractivity contribution >= 4 is 23.2 Å². The average molecular weight is 358 g/mol. The second-order valence-corrected chi connectivity index (χ2v) is 6.97. The molecular weight excluding hydrogens is 334 g/mol. The van der Waals surface area contributed by atoms with Crippen LogP contribution in [0.25, 0.3) is 0 Å². The van der Waals surface area contributed by atoms with Gasteiger partial charge in [-0.25, -0.2) is 0 Å². The van der Waals surface area contributed by atoms with Gasteiger partial charge in [0.15, 0.2) is 0 Å². The van der Waals surface area contributed by atoms with E-state index < -0.39 is 0 Å². The van der Waals surface area contributed by atoms with Crippen molar-refractivity contribution in [3.8, 4) is 0 Å². The number of amides is 1. The third kappa shape index (κ3) is 5.20. The lowest BCUT2D eigenvalue weighted by Crippen LogP contribution is -2.36. The molecule has 5 heteroatoms. The molecule has 0 aliphatic carbocycles. The van der Waals surface area contributed by atoms with E-state index in [1.54, 1.807) is 0 Å². The van der Waals surface area contributed by atoms with Crippen molar-refractivity contribution in [2.45, 2.75) is 32.2 Å². The molecule has 2 aromatic rings. The first-order valence-electron chi connectivity index (χ1n) is 8.87. The summed E-state index contributed by atoms with van der Waals surface area (Å²) in [4.78, 5) is 18.6. The van der Waals surface area contributed by atoms with Gasteiger partial charge in [-0.15, -0.1) is 0 Å². The lowest BCUT2D eigenvalue weighted by Gasteiger charge is -2.34. The van der Waals surface area contributed by atoms with E-state index in [9.17, 15) is 4.79 Å². The van der Waals surface area contributed by atoms with Crippen molar-refractivity contribution in [1.82, 2.24) is 10.3 Å². The fraction of sp³-hybridized carbons (Fsp3) is 0.400. The quantitative estimate of drug-likeness (QED) is 0.848. The van der Waals surface area contributed by atoms with Crippen molar-refractivity contribution in [1.29, 1.82) is 0 Å². The minimum Gasteiger partial charge on any atom is -0.371 e. The maximum Gasteiger partial charge on any atom is 0.220 e. The number of hydrogen-bond acceptors (Lipinski definition) is 3. The SMILES string of the molecule is O=C(CC[C@H]1CCCN(c2ccncc2)C1)NCc1ccccc1Cl. The van der Waals surface area contributed by atoms with E-state index >= 15 is 0 Å². The van der Waals surface area contributed by atoms with Crippen molar-refractivity contribution in [2.75, 3.05) is 18.0 Å². The zero-order valence-electron chi connectivity index (χ0n) is 14.3. The minimum absolute atomic E-state index is 0.0981. The van der Waals surface area contributed by atoms with Gasteiger partial charge >= 0.3 is 0 Å². The fourth-order valence-electron chi connectivity index (χ4n) is 3.35. The first-order valence-corrected chi connectivity index (χ1v) is 9.25. The largest absolute Gasteiger partial charge is 0.371 e. The number of nitrogens with zero attached hydrogens (tertiary/aromatic N) is 2. The Hall–Kier alpha value is -2.07. The third-order valence-electron chi connectivity index (χ3n) is 4.76. The third-order valence-corrected chi connectivity index (χ3v) is 5.13. The van der Waals surface area contributed by atoms with Gasteiger partial charge in [0.25, 0.3) is 0 Å². The summed E-state index contributed by atoms with van der Waals surface area (Å²) < 4.78 is 0. The zero-order valence-corrected chi connectivity index (χ0v) is 15.1. The summed E-state index contributed by atoms with van der Waals surface area (Å²) in [5.41, 5.74) is 2.18. The summed E-state index contributed by atoms with van der Waals surface area (Å²) in [5.74, 6) is 0.661. The number of hydrogen-bond donors (Lipinski definition) is 1. The molecule has 1 aliphatic rings. The number of anilines is 1. The summed E-state index contributed by atoms with van der Waals surface area (Å²) in [5, 5.41) is 3.67. The van der Waals surface area contributed by atoms with Gasteiger partial charge in [-0.3, -0.25) is 9.78 Å². The van der Waals surface area contributed by atoms with Crippen LogP contribution < -0.4 is 10.2 Å². The monoisotopic (exact) mass is 357 g/mol. The Balaban J connectivity index is 1.43. The van der Waals surface area contributed by atoms with Crippen LogP contribution in [0.5, 0.6) is 0 Å². The molecular formula is C20H24ClN3O. The van der Waals surface area contributed by atoms with Crippen LogP contribution in [0, 0.1) is 5.92 Å². The molecule has 1 amide bonds. The van der Waals surface area contributed by atoms with Crippen LogP contribution >= 0.6 is 11.6 Å². The Kier molecular flexibility index (Phi) is 6.29. The standard InChI is InChI=1S/C20H24ClN3O/c21-19-6-2-1-5-17(19)14-23-20(25)8-7-16-4-3-13-24(15-16)18-9-11-22-12-10-18/h1-2,5-6,9-12,16H,3-4,7-8,13-15H2,(H,23,25)/t16-/m1/s1. The van der Waals surface area contributed by atoms with Crippen molar-refractivity contribution in [2.24, 2.45) is 5.92 Å². The first kappa shape index (κ1) is 17.7. The molecule has 0 radical (unpaired) electrons. The molecule has 1 atom stereocenters. The molecule has 0 saturated carbocycles. The predicted molar refractivity (Wildman–Crippen MR) is 102 cm³/mol. The molecule has 1 aliphatic heterocycles. The number of piperidine rings is 1. The van der Waals surface area contributed by atoms with Gasteiger partial charge in [-0.2, -0.15) is 0 Å². The highest BCUT2D eigenvalue weighted by molar-refractivity contribution is 6.31. The Labute approximate surface area is 154 Å². The van der Waals surface area contributed by atoms with Gasteiger partial charge in [-0.05, 0) is 48.9 Å². The Morgan fingerprint density at radius 1 is 1.24 bits per heavy atom. The summed E-state index contributed by atoms with van der Waals surface area (Å²) in [6.07, 6.45) is 7.53. The normalized spacial score (nSPS) is 17.3. The molecule has 1 N–H and O–H groups in total. The topological polar surface area (TPSA) is 45.2 Å². The maximum atomic E-state index is 12.1. The van der Waals surface area contributed by atoms with Gasteiger partial charge < -0.3 is 10.2 Å². The van der Waals surface area contributed by atoms with Crippen LogP contribution in [0.3, 0.4) is 0 Å². The molecule has 132 valence electrons. The summed E-state index contributed by atoms with van der Waals surface area (Å²) in [7, 11) is 0. The highest BCUT2D eigenvalue weighted by atomic mass is 35.5. The number of halogens is 1. The maximum absolute atomic E-state index is 12.1. The highest BCUT2D eigenvalue weighted by Crippen LogP contribution is 2.25. The molecule has 25 heavy (non-hydrogen) atoms. The first-order chi connectivity index (χ1) is 12.2. The lowest BCUT2D eigenvalue weighted by atomic mass is 9.93. The fourth-order valence-corrected chi connectivity index (χ4v) is 3.55. The Morgan fingerprint density at radius 2 is 2.04 bits per heavy atom. The number of pyridine rings is 1. The van der Waals surface area contributed by atoms with Gasteiger partial charge in [0.2, 0.25) is 5.91 Å². The molecule has 0 bridgehead atoms. The molecule has 1 aromatic heterocycles. The molecule has 2 heterocycles. The molecule has 0 unspecified atom stereocenters. The predicted octanol–water partition coefficient (Wildman–Crippen LogP) is 4.05. The molecule has 1 saturated heterocycles. The van der Waals surface area contributed by atoms with Gasteiger partial charge in [-0.1, -0.05) is 29.8 Å². The van der Waals surface area contributed by atoms with E-state index in [0.29, 0.717) is 23.9 Å². The Morgan fingerprint density at radius 3 is 2.84 bits per heavy atom. The van der Waals surface area contributed by atoms with E-state index in [1.165, 1.54) is 18.5 Å². The van der Waals surface area contributed by atoms with Crippen molar-refractivity contribution in [3.05, 3.63) is 59.4 Å². The van der Waals surface area contributed by atoms with Gasteiger partial charge in [0, 0.05) is 49.2 Å². The number of nitrogens with one attached hydrogen (secondary N) is 1. The van der Waals surface area contributed by atoms with Gasteiger partial charge in [0.1, 0.15) is 0 Å². The summed E-state index contributed by atoms with van der Waals surface area (Å²) in [6, 6.07) is 11.7. The average Bonchev–Trinajstić information content (AvgIpc) is 2.67. The van der Waals surface area contributed by atoms with Crippen LogP contribution in [0.15, 0.2) is 48.8 Å². The van der Waals surface area contributed by atoms with Crippen LogP contribution in [0.2, 0.25) is 5.02 Å². The number of aromatic nitrogens is 1. The van der Waals surface area contributed by atoms with E-state index in [1.807, 2.05) is 36.7 Å². The van der Waals surface area contributed by atoms with Crippen molar-refractivity contribution in [3.63, 3.8) is 0 Å². The number of carbonyl (C=O) groups is 1. The smallest absolute Gasteiger partial charge is 0.220 e. The number of rotatable bonds is 6. The van der Waals surface area contributed by atoms with Gasteiger partial charge in [0.05, 0.1) is 0 Å². The molecule has 3 rings (SSSR count). The lowest BCUT2D eigenvalue weighted by molar-refractivity contribution is -0.121. The van der Waals surface area contributed by atoms with E-state index in [0.717, 1.165) is 25.1 Å². The Bertz CT molecular complexity index is 692. The summed E-state index contributed by atoms with van der Waals surface area (Å²) >= 11 is 6.12. The second-order valence-electron chi connectivity index (χ2n) is 6.57. The second kappa shape index (κ2) is 8.86. The molecule has 4 nitrogen and oxygen atoms in total. The number of carbonyl (C=O) groups excluding carboxylic acids is 1. The van der Waals surface area contributed by atoms with E-state index in [2.05, 4.69) is 27.3 Å². The van der Waals surface area contributed by atoms with Crippen LogP contribution in [-0.4, -0.2) is 24.0 Å². The summed E-state index contributed by atoms with van der Waals surface area (Å²) in [6.45, 7) is 2.59. The molecule has 0 spiro atoms. The number of benzene rings is 1. The molecule has 1 aromatic carbocycles. The van der Waals surface area contributed by atoms with E-state index in [4.69, 9.17) is 11.6 Å². The van der Waals surface area contributed by atoms with Crippen LogP contribution in [0.4, 0.5) is 5.69 Å².